The number of hydrogen-bond acceptors (Lipinski definition) is 3. The molecule has 0 aromatic heterocycles. The number of rotatable bonds is 1. The number of nitrogens with zero attached hydrogens (tertiary/aromatic N) is 1. The summed E-state index contributed by atoms with van der Waals surface area (Å²) in [6, 6.07) is 0. The molecule has 3 N–H and O–H groups in total. The Balaban J connectivity index is 3.04. The van der Waals surface area contributed by atoms with Gasteiger partial charge in [-0.1, -0.05) is 11.6 Å². The van der Waals surface area contributed by atoms with Crippen LogP contribution in [0.5, 0.6) is 0 Å². The van der Waals surface area contributed by atoms with Crippen LogP contribution in [0.4, 0.5) is 0 Å². The van der Waals surface area contributed by atoms with Crippen LogP contribution in [-0.4, -0.2) is 12.1 Å². The van der Waals surface area contributed by atoms with Gasteiger partial charge in [-0.3, -0.25) is 0 Å². The summed E-state index contributed by atoms with van der Waals surface area (Å²) in [4.78, 5) is 3.75. The number of halogens is 1. The van der Waals surface area contributed by atoms with Gasteiger partial charge in [-0.25, -0.2) is 4.99 Å². The van der Waals surface area contributed by atoms with Crippen molar-refractivity contribution in [2.24, 2.45) is 10.7 Å². The predicted octanol–water partition coefficient (Wildman–Crippen LogP) is 1.01. The van der Waals surface area contributed by atoms with Crippen molar-refractivity contribution in [2.75, 3.05) is 0 Å². The summed E-state index contributed by atoms with van der Waals surface area (Å²) in [6.07, 6.45) is 4.26. The maximum atomic E-state index is 6.80. The van der Waals surface area contributed by atoms with E-state index in [1.807, 2.05) is 0 Å². The fraction of sp³-hybridized carbons (Fsp3) is 0. The minimum atomic E-state index is 0.315. The third kappa shape index (κ3) is 1.09. The van der Waals surface area contributed by atoms with E-state index in [0.717, 1.165) is 6.21 Å². The highest BCUT2D eigenvalue weighted by Gasteiger charge is 2.06. The smallest absolute Gasteiger partial charge is 0.132 e. The molecule has 10 heavy (non-hydrogen) atoms. The zero-order chi connectivity index (χ0) is 7.56. The van der Waals surface area contributed by atoms with Crippen LogP contribution < -0.4 is 5.73 Å². The first-order valence-electron chi connectivity index (χ1n) is 2.66. The Kier molecular flexibility index (Phi) is 1.87. The number of nitrogens with one attached hydrogen (secondary N) is 1. The largest absolute Gasteiger partial charge is 0.383 e. The summed E-state index contributed by atoms with van der Waals surface area (Å²) < 4.78 is 0. The first-order chi connectivity index (χ1) is 4.75. The van der Waals surface area contributed by atoms with Gasteiger partial charge >= 0.3 is 0 Å². The van der Waals surface area contributed by atoms with E-state index in [-0.39, 0.29) is 0 Å². The van der Waals surface area contributed by atoms with Gasteiger partial charge in [-0.15, -0.1) is 0 Å². The molecule has 1 aliphatic heterocycles. The molecule has 0 unspecified atom stereocenters. The van der Waals surface area contributed by atoms with Crippen LogP contribution in [-0.2, 0) is 0 Å². The van der Waals surface area contributed by atoms with Crippen molar-refractivity contribution in [2.45, 2.75) is 0 Å². The summed E-state index contributed by atoms with van der Waals surface area (Å²) >= 11 is 5.59. The lowest BCUT2D eigenvalue weighted by Crippen LogP contribution is -2.11. The molecule has 52 valence electrons. The van der Waals surface area contributed by atoms with Crippen LogP contribution in [0, 0.1) is 5.41 Å². The molecule has 0 bridgehead atoms. The number of aliphatic imine (C=N–C) groups is 1. The monoisotopic (exact) mass is 155 g/mol. The molecule has 0 amide bonds. The molecule has 0 radical (unpaired) electrons. The summed E-state index contributed by atoms with van der Waals surface area (Å²) in [6.45, 7) is 0. The first-order valence-corrected chi connectivity index (χ1v) is 3.04. The fourth-order valence-corrected chi connectivity index (χ4v) is 0.787. The maximum Gasteiger partial charge on any atom is 0.132 e. The summed E-state index contributed by atoms with van der Waals surface area (Å²) in [5, 5.41) is 7.12. The zero-order valence-electron chi connectivity index (χ0n) is 5.13. The van der Waals surface area contributed by atoms with Crippen LogP contribution >= 0.6 is 11.6 Å². The van der Waals surface area contributed by atoms with E-state index in [1.165, 1.54) is 0 Å². The van der Waals surface area contributed by atoms with Gasteiger partial charge in [0.05, 0.1) is 5.03 Å². The molecule has 0 atom stereocenters. The van der Waals surface area contributed by atoms with Crippen LogP contribution in [0.3, 0.4) is 0 Å². The third-order valence-electron chi connectivity index (χ3n) is 1.11. The van der Waals surface area contributed by atoms with E-state index in [0.29, 0.717) is 16.4 Å². The highest BCUT2D eigenvalue weighted by atomic mass is 35.5. The number of hydrogen-bond donors (Lipinski definition) is 2. The minimum absolute atomic E-state index is 0.315. The van der Waals surface area contributed by atoms with Crippen molar-refractivity contribution in [1.29, 1.82) is 5.41 Å². The van der Waals surface area contributed by atoms with Crippen molar-refractivity contribution in [1.82, 2.24) is 0 Å². The minimum Gasteiger partial charge on any atom is -0.383 e. The van der Waals surface area contributed by atoms with E-state index in [2.05, 4.69) is 4.99 Å². The van der Waals surface area contributed by atoms with Crippen LogP contribution in [0.25, 0.3) is 0 Å². The Hall–Kier alpha value is -1.09. The molecular formula is C6H6ClN3. The lowest BCUT2D eigenvalue weighted by atomic mass is 10.2. The topological polar surface area (TPSA) is 62.2 Å². The van der Waals surface area contributed by atoms with Crippen molar-refractivity contribution >= 4 is 23.7 Å². The molecule has 3 nitrogen and oxygen atoms in total. The van der Waals surface area contributed by atoms with E-state index in [1.54, 1.807) is 12.3 Å². The van der Waals surface area contributed by atoms with Gasteiger partial charge in [-0.2, -0.15) is 0 Å². The molecule has 1 heterocycles. The molecule has 0 fully saturated rings. The van der Waals surface area contributed by atoms with Crippen LogP contribution in [0.15, 0.2) is 27.9 Å². The molecule has 0 aromatic rings. The summed E-state index contributed by atoms with van der Waals surface area (Å²) in [7, 11) is 0. The zero-order valence-corrected chi connectivity index (χ0v) is 5.89. The molecule has 0 saturated carbocycles. The van der Waals surface area contributed by atoms with Gasteiger partial charge < -0.3 is 11.1 Å². The van der Waals surface area contributed by atoms with Gasteiger partial charge in [0.2, 0.25) is 0 Å². The second kappa shape index (κ2) is 2.66. The van der Waals surface area contributed by atoms with Crippen molar-refractivity contribution in [3.8, 4) is 0 Å². The number of amidine groups is 1. The predicted molar refractivity (Wildman–Crippen MR) is 42.4 cm³/mol. The van der Waals surface area contributed by atoms with Crippen molar-refractivity contribution in [3.05, 3.63) is 22.9 Å². The van der Waals surface area contributed by atoms with Gasteiger partial charge in [0.25, 0.3) is 0 Å². The van der Waals surface area contributed by atoms with Gasteiger partial charge in [0, 0.05) is 18.0 Å². The molecule has 0 saturated heterocycles. The van der Waals surface area contributed by atoms with E-state index < -0.39 is 0 Å². The Morgan fingerprint density at radius 1 is 1.80 bits per heavy atom. The molecule has 0 aromatic carbocycles. The summed E-state index contributed by atoms with van der Waals surface area (Å²) in [5.74, 6) is 0.369. The van der Waals surface area contributed by atoms with Crippen LogP contribution in [0.1, 0.15) is 0 Å². The highest BCUT2D eigenvalue weighted by Crippen LogP contribution is 2.12. The average Bonchev–Trinajstić information content (AvgIpc) is 2.34. The standard InChI is InChI=1S/C6H6ClN3/c7-5(3-8)4-1-2-10-6(4)9/h1-3,8H,(H2,9,10)/b5-4+,8-3?. The Morgan fingerprint density at radius 3 is 2.90 bits per heavy atom. The summed E-state index contributed by atoms with van der Waals surface area (Å²) in [5.41, 5.74) is 6.02. The third-order valence-corrected chi connectivity index (χ3v) is 1.43. The van der Waals surface area contributed by atoms with Crippen molar-refractivity contribution < 1.29 is 0 Å². The van der Waals surface area contributed by atoms with Crippen molar-refractivity contribution in [3.63, 3.8) is 0 Å². The van der Waals surface area contributed by atoms with E-state index in [9.17, 15) is 0 Å². The molecule has 0 spiro atoms. The van der Waals surface area contributed by atoms with Gasteiger partial charge in [-0.05, 0) is 6.08 Å². The molecule has 4 heteroatoms. The normalized spacial score (nSPS) is 20.7. The quantitative estimate of drug-likeness (QED) is 0.546. The second-order valence-electron chi connectivity index (χ2n) is 1.74. The Morgan fingerprint density at radius 2 is 2.50 bits per heavy atom. The lowest BCUT2D eigenvalue weighted by Gasteiger charge is -1.94. The molecule has 1 rings (SSSR count). The van der Waals surface area contributed by atoms with E-state index in [4.69, 9.17) is 22.7 Å². The number of allylic oxidation sites excluding steroid dienone is 1. The Labute approximate surface area is 63.4 Å². The highest BCUT2D eigenvalue weighted by molar-refractivity contribution is 6.41. The lowest BCUT2D eigenvalue weighted by molar-refractivity contribution is 1.54. The van der Waals surface area contributed by atoms with E-state index >= 15 is 0 Å². The number of nitrogens with two attached hydrogens (primary N) is 1. The fourth-order valence-electron chi connectivity index (χ4n) is 0.627. The second-order valence-corrected chi connectivity index (χ2v) is 2.14. The molecule has 1 aliphatic rings. The van der Waals surface area contributed by atoms with Gasteiger partial charge in [0.15, 0.2) is 0 Å². The van der Waals surface area contributed by atoms with Crippen LogP contribution in [0.2, 0.25) is 0 Å². The Bertz CT molecular complexity index is 250. The molecular weight excluding hydrogens is 150 g/mol. The first kappa shape index (κ1) is 7.02. The SMILES string of the molecule is N=C/C(Cl)=C1/C=CN=C1N. The molecule has 0 aliphatic carbocycles. The maximum absolute atomic E-state index is 6.80. The van der Waals surface area contributed by atoms with Gasteiger partial charge in [0.1, 0.15) is 5.84 Å². The average molecular weight is 156 g/mol.